The summed E-state index contributed by atoms with van der Waals surface area (Å²) >= 11 is 0. The van der Waals surface area contributed by atoms with Crippen LogP contribution in [0.4, 0.5) is 5.69 Å². The second-order valence-corrected chi connectivity index (χ2v) is 5.05. The summed E-state index contributed by atoms with van der Waals surface area (Å²) < 4.78 is 5.42. The number of anilines is 1. The minimum absolute atomic E-state index is 0.709. The summed E-state index contributed by atoms with van der Waals surface area (Å²) in [5.41, 5.74) is 4.40. The standard InChI is InChI=1S/C18H18N2O/c1-13-8-9-17(21-2)15(11-13)12-20-16-7-3-5-14-6-4-10-19-18(14)16/h3-11,20H,12H2,1-2H3. The summed E-state index contributed by atoms with van der Waals surface area (Å²) in [6.45, 7) is 2.79. The van der Waals surface area contributed by atoms with E-state index in [0.29, 0.717) is 6.54 Å². The minimum atomic E-state index is 0.709. The maximum absolute atomic E-state index is 5.42. The predicted molar refractivity (Wildman–Crippen MR) is 86.8 cm³/mol. The van der Waals surface area contributed by atoms with Crippen LogP contribution >= 0.6 is 0 Å². The van der Waals surface area contributed by atoms with Gasteiger partial charge in [0.25, 0.3) is 0 Å². The molecule has 106 valence electrons. The lowest BCUT2D eigenvalue weighted by Gasteiger charge is -2.12. The summed E-state index contributed by atoms with van der Waals surface area (Å²) in [7, 11) is 1.70. The van der Waals surface area contributed by atoms with E-state index in [1.54, 1.807) is 7.11 Å². The van der Waals surface area contributed by atoms with Crippen molar-refractivity contribution in [1.29, 1.82) is 0 Å². The lowest BCUT2D eigenvalue weighted by atomic mass is 10.1. The number of nitrogens with zero attached hydrogens (tertiary/aromatic N) is 1. The number of methoxy groups -OCH3 is 1. The van der Waals surface area contributed by atoms with Crippen LogP contribution in [0.1, 0.15) is 11.1 Å². The highest BCUT2D eigenvalue weighted by Crippen LogP contribution is 2.24. The summed E-state index contributed by atoms with van der Waals surface area (Å²) in [6, 6.07) is 16.4. The molecule has 1 heterocycles. The van der Waals surface area contributed by atoms with Crippen LogP contribution in [0, 0.1) is 6.92 Å². The second-order valence-electron chi connectivity index (χ2n) is 5.05. The minimum Gasteiger partial charge on any atom is -0.496 e. The summed E-state index contributed by atoms with van der Waals surface area (Å²) in [5, 5.41) is 4.60. The highest BCUT2D eigenvalue weighted by molar-refractivity contribution is 5.90. The fraction of sp³-hybridized carbons (Fsp3) is 0.167. The van der Waals surface area contributed by atoms with Gasteiger partial charge < -0.3 is 10.1 Å². The van der Waals surface area contributed by atoms with Gasteiger partial charge in [-0.1, -0.05) is 35.9 Å². The first-order chi connectivity index (χ1) is 10.3. The van der Waals surface area contributed by atoms with E-state index in [9.17, 15) is 0 Å². The fourth-order valence-electron chi connectivity index (χ4n) is 2.48. The van der Waals surface area contributed by atoms with Gasteiger partial charge in [-0.05, 0) is 25.1 Å². The normalized spacial score (nSPS) is 10.6. The van der Waals surface area contributed by atoms with Crippen LogP contribution in [0.15, 0.2) is 54.7 Å². The highest BCUT2D eigenvalue weighted by atomic mass is 16.5. The Morgan fingerprint density at radius 1 is 1.10 bits per heavy atom. The van der Waals surface area contributed by atoms with Gasteiger partial charge in [0.2, 0.25) is 0 Å². The van der Waals surface area contributed by atoms with E-state index in [4.69, 9.17) is 4.74 Å². The van der Waals surface area contributed by atoms with Crippen LogP contribution in [0.25, 0.3) is 10.9 Å². The van der Waals surface area contributed by atoms with Crippen molar-refractivity contribution >= 4 is 16.6 Å². The molecular weight excluding hydrogens is 260 g/mol. The molecule has 0 unspecified atom stereocenters. The molecule has 0 aliphatic carbocycles. The maximum atomic E-state index is 5.42. The first kappa shape index (κ1) is 13.4. The van der Waals surface area contributed by atoms with Crippen molar-refractivity contribution in [1.82, 2.24) is 4.98 Å². The molecule has 3 aromatic rings. The quantitative estimate of drug-likeness (QED) is 0.778. The zero-order valence-electron chi connectivity index (χ0n) is 12.3. The molecule has 0 saturated heterocycles. The maximum Gasteiger partial charge on any atom is 0.123 e. The largest absolute Gasteiger partial charge is 0.496 e. The van der Waals surface area contributed by atoms with Crippen LogP contribution in [-0.4, -0.2) is 12.1 Å². The number of hydrogen-bond acceptors (Lipinski definition) is 3. The molecule has 3 heteroatoms. The van der Waals surface area contributed by atoms with Crippen molar-refractivity contribution in [3.8, 4) is 5.75 Å². The van der Waals surface area contributed by atoms with Gasteiger partial charge in [-0.2, -0.15) is 0 Å². The Balaban J connectivity index is 1.89. The number of hydrogen-bond donors (Lipinski definition) is 1. The lowest BCUT2D eigenvalue weighted by Crippen LogP contribution is -2.03. The number of ether oxygens (including phenoxy) is 1. The Hall–Kier alpha value is -2.55. The summed E-state index contributed by atoms with van der Waals surface area (Å²) in [6.07, 6.45) is 1.82. The number of nitrogens with one attached hydrogen (secondary N) is 1. The van der Waals surface area contributed by atoms with Crippen molar-refractivity contribution in [2.75, 3.05) is 12.4 Å². The van der Waals surface area contributed by atoms with Gasteiger partial charge in [-0.3, -0.25) is 4.98 Å². The van der Waals surface area contributed by atoms with Crippen molar-refractivity contribution in [3.05, 3.63) is 65.9 Å². The van der Waals surface area contributed by atoms with Gasteiger partial charge in [-0.25, -0.2) is 0 Å². The van der Waals surface area contributed by atoms with Crippen LogP contribution in [0.5, 0.6) is 5.75 Å². The molecule has 1 N–H and O–H groups in total. The third-order valence-electron chi connectivity index (χ3n) is 3.54. The third-order valence-corrected chi connectivity index (χ3v) is 3.54. The molecule has 2 aromatic carbocycles. The zero-order chi connectivity index (χ0) is 14.7. The number of benzene rings is 2. The fourth-order valence-corrected chi connectivity index (χ4v) is 2.48. The van der Waals surface area contributed by atoms with Crippen molar-refractivity contribution < 1.29 is 4.74 Å². The Bertz CT molecular complexity index is 763. The molecule has 0 amide bonds. The molecule has 21 heavy (non-hydrogen) atoms. The molecule has 0 fully saturated rings. The van der Waals surface area contributed by atoms with Crippen LogP contribution < -0.4 is 10.1 Å². The van der Waals surface area contributed by atoms with E-state index in [-0.39, 0.29) is 0 Å². The Morgan fingerprint density at radius 3 is 2.81 bits per heavy atom. The Kier molecular flexibility index (Phi) is 3.73. The molecule has 3 nitrogen and oxygen atoms in total. The second kappa shape index (κ2) is 5.83. The van der Waals surface area contributed by atoms with Crippen LogP contribution in [0.2, 0.25) is 0 Å². The number of aryl methyl sites for hydroxylation is 1. The van der Waals surface area contributed by atoms with E-state index < -0.39 is 0 Å². The van der Waals surface area contributed by atoms with E-state index in [0.717, 1.165) is 27.9 Å². The smallest absolute Gasteiger partial charge is 0.123 e. The molecular formula is C18H18N2O. The number of fused-ring (bicyclic) bond motifs is 1. The first-order valence-electron chi connectivity index (χ1n) is 6.99. The number of aromatic nitrogens is 1. The van der Waals surface area contributed by atoms with E-state index in [1.807, 2.05) is 24.4 Å². The van der Waals surface area contributed by atoms with Gasteiger partial charge in [0.15, 0.2) is 0 Å². The number of rotatable bonds is 4. The predicted octanol–water partition coefficient (Wildman–Crippen LogP) is 4.16. The van der Waals surface area contributed by atoms with E-state index in [1.165, 1.54) is 5.56 Å². The molecule has 0 spiro atoms. The third kappa shape index (κ3) is 2.82. The van der Waals surface area contributed by atoms with Crippen molar-refractivity contribution in [2.24, 2.45) is 0 Å². The molecule has 0 bridgehead atoms. The lowest BCUT2D eigenvalue weighted by molar-refractivity contribution is 0.410. The Morgan fingerprint density at radius 2 is 1.95 bits per heavy atom. The van der Waals surface area contributed by atoms with E-state index >= 15 is 0 Å². The monoisotopic (exact) mass is 278 g/mol. The number of pyridine rings is 1. The van der Waals surface area contributed by atoms with Crippen molar-refractivity contribution in [2.45, 2.75) is 13.5 Å². The summed E-state index contributed by atoms with van der Waals surface area (Å²) in [5.74, 6) is 0.904. The zero-order valence-corrected chi connectivity index (χ0v) is 12.3. The van der Waals surface area contributed by atoms with Gasteiger partial charge in [0.1, 0.15) is 5.75 Å². The molecule has 0 aliphatic heterocycles. The van der Waals surface area contributed by atoms with Gasteiger partial charge >= 0.3 is 0 Å². The van der Waals surface area contributed by atoms with Crippen LogP contribution in [0.3, 0.4) is 0 Å². The topological polar surface area (TPSA) is 34.1 Å². The molecule has 0 saturated carbocycles. The SMILES string of the molecule is COc1ccc(C)cc1CNc1cccc2cccnc12. The molecule has 3 rings (SSSR count). The molecule has 0 atom stereocenters. The van der Waals surface area contributed by atoms with Gasteiger partial charge in [0.05, 0.1) is 18.3 Å². The molecule has 0 aliphatic rings. The number of para-hydroxylation sites is 1. The molecule has 1 aromatic heterocycles. The average Bonchev–Trinajstić information content (AvgIpc) is 2.53. The van der Waals surface area contributed by atoms with Gasteiger partial charge in [0, 0.05) is 23.7 Å². The van der Waals surface area contributed by atoms with E-state index in [2.05, 4.69) is 47.6 Å². The molecule has 0 radical (unpaired) electrons. The highest BCUT2D eigenvalue weighted by Gasteiger charge is 2.05. The Labute approximate surface area is 124 Å². The van der Waals surface area contributed by atoms with Gasteiger partial charge in [-0.15, -0.1) is 0 Å². The summed E-state index contributed by atoms with van der Waals surface area (Å²) in [4.78, 5) is 4.46. The first-order valence-corrected chi connectivity index (χ1v) is 6.99. The average molecular weight is 278 g/mol. The van der Waals surface area contributed by atoms with Crippen LogP contribution in [-0.2, 0) is 6.54 Å². The van der Waals surface area contributed by atoms with Crippen molar-refractivity contribution in [3.63, 3.8) is 0 Å².